The Kier molecular flexibility index (Phi) is 4.07. The van der Waals surface area contributed by atoms with Crippen LogP contribution >= 0.6 is 11.6 Å². The standard InChI is InChI=1S/C18H20ClNO/c1-12-10-16(17(21-2)11-15(12)19)20-18(14-8-9-14)13-6-4-3-5-7-13/h3-7,10-11,14,18,20H,8-9H2,1-2H3. The van der Waals surface area contributed by atoms with Crippen molar-refractivity contribution in [1.82, 2.24) is 0 Å². The number of aryl methyl sites for hydroxylation is 1. The summed E-state index contributed by atoms with van der Waals surface area (Å²) in [6.07, 6.45) is 2.56. The molecule has 1 aliphatic carbocycles. The molecule has 2 aromatic carbocycles. The van der Waals surface area contributed by atoms with Gasteiger partial charge < -0.3 is 10.1 Å². The first-order valence-electron chi connectivity index (χ1n) is 7.34. The van der Waals surface area contributed by atoms with Gasteiger partial charge in [0.05, 0.1) is 18.8 Å². The van der Waals surface area contributed by atoms with Crippen LogP contribution in [0.2, 0.25) is 5.02 Å². The van der Waals surface area contributed by atoms with Crippen LogP contribution in [0.25, 0.3) is 0 Å². The smallest absolute Gasteiger partial charge is 0.143 e. The van der Waals surface area contributed by atoms with Crippen molar-refractivity contribution in [2.24, 2.45) is 5.92 Å². The molecule has 2 nitrogen and oxygen atoms in total. The monoisotopic (exact) mass is 301 g/mol. The summed E-state index contributed by atoms with van der Waals surface area (Å²) in [5.41, 5.74) is 3.40. The quantitative estimate of drug-likeness (QED) is 0.817. The first kappa shape index (κ1) is 14.3. The molecule has 2 aromatic rings. The number of halogens is 1. The lowest BCUT2D eigenvalue weighted by Crippen LogP contribution is -2.13. The summed E-state index contributed by atoms with van der Waals surface area (Å²) in [4.78, 5) is 0. The number of anilines is 1. The van der Waals surface area contributed by atoms with Gasteiger partial charge in [0.15, 0.2) is 0 Å². The van der Waals surface area contributed by atoms with Crippen LogP contribution < -0.4 is 10.1 Å². The lowest BCUT2D eigenvalue weighted by molar-refractivity contribution is 0.415. The van der Waals surface area contributed by atoms with E-state index in [-0.39, 0.29) is 0 Å². The minimum Gasteiger partial charge on any atom is -0.495 e. The highest BCUT2D eigenvalue weighted by Gasteiger charge is 2.32. The van der Waals surface area contributed by atoms with E-state index in [1.165, 1.54) is 18.4 Å². The molecule has 0 radical (unpaired) electrons. The average molecular weight is 302 g/mol. The van der Waals surface area contributed by atoms with Crippen LogP contribution in [0.1, 0.15) is 30.0 Å². The molecule has 0 spiro atoms. The zero-order valence-electron chi connectivity index (χ0n) is 12.4. The van der Waals surface area contributed by atoms with E-state index in [1.807, 2.05) is 13.0 Å². The molecule has 110 valence electrons. The molecule has 1 aliphatic rings. The van der Waals surface area contributed by atoms with Gasteiger partial charge in [-0.1, -0.05) is 41.9 Å². The van der Waals surface area contributed by atoms with E-state index in [0.717, 1.165) is 22.0 Å². The summed E-state index contributed by atoms with van der Waals surface area (Å²) in [6, 6.07) is 14.9. The van der Waals surface area contributed by atoms with E-state index in [9.17, 15) is 0 Å². The molecule has 1 saturated carbocycles. The lowest BCUT2D eigenvalue weighted by Gasteiger charge is -2.22. The first-order chi connectivity index (χ1) is 10.2. The maximum absolute atomic E-state index is 6.19. The van der Waals surface area contributed by atoms with Gasteiger partial charge in [-0.3, -0.25) is 0 Å². The minimum absolute atomic E-state index is 0.334. The highest BCUT2D eigenvalue weighted by molar-refractivity contribution is 6.31. The minimum atomic E-state index is 0.334. The Bertz CT molecular complexity index is 623. The maximum atomic E-state index is 6.19. The number of methoxy groups -OCH3 is 1. The molecule has 0 aliphatic heterocycles. The predicted octanol–water partition coefficient (Wildman–Crippen LogP) is 5.22. The molecule has 1 N–H and O–H groups in total. The first-order valence-corrected chi connectivity index (χ1v) is 7.72. The molecule has 1 unspecified atom stereocenters. The third kappa shape index (κ3) is 3.16. The van der Waals surface area contributed by atoms with Crippen molar-refractivity contribution in [1.29, 1.82) is 0 Å². The van der Waals surface area contributed by atoms with Gasteiger partial charge >= 0.3 is 0 Å². The van der Waals surface area contributed by atoms with Crippen LogP contribution in [0.3, 0.4) is 0 Å². The van der Waals surface area contributed by atoms with E-state index in [1.54, 1.807) is 7.11 Å². The van der Waals surface area contributed by atoms with Crippen LogP contribution in [-0.4, -0.2) is 7.11 Å². The number of hydrogen-bond donors (Lipinski definition) is 1. The van der Waals surface area contributed by atoms with Crippen LogP contribution in [0.15, 0.2) is 42.5 Å². The Morgan fingerprint density at radius 1 is 1.19 bits per heavy atom. The third-order valence-electron chi connectivity index (χ3n) is 4.04. The third-order valence-corrected chi connectivity index (χ3v) is 4.45. The highest BCUT2D eigenvalue weighted by Crippen LogP contribution is 2.44. The van der Waals surface area contributed by atoms with Crippen molar-refractivity contribution in [3.8, 4) is 5.75 Å². The fraction of sp³-hybridized carbons (Fsp3) is 0.333. The van der Waals surface area contributed by atoms with Gasteiger partial charge in [0.2, 0.25) is 0 Å². The maximum Gasteiger partial charge on any atom is 0.143 e. The van der Waals surface area contributed by atoms with E-state index in [4.69, 9.17) is 16.3 Å². The van der Waals surface area contributed by atoms with Crippen LogP contribution in [0.4, 0.5) is 5.69 Å². The number of rotatable bonds is 5. The van der Waals surface area contributed by atoms with E-state index in [0.29, 0.717) is 12.0 Å². The average Bonchev–Trinajstić information content (AvgIpc) is 3.33. The zero-order chi connectivity index (χ0) is 14.8. The predicted molar refractivity (Wildman–Crippen MR) is 88.3 cm³/mol. The fourth-order valence-electron chi connectivity index (χ4n) is 2.68. The highest BCUT2D eigenvalue weighted by atomic mass is 35.5. The fourth-order valence-corrected chi connectivity index (χ4v) is 2.83. The molecular weight excluding hydrogens is 282 g/mol. The Morgan fingerprint density at radius 2 is 1.90 bits per heavy atom. The van der Waals surface area contributed by atoms with Crippen molar-refractivity contribution >= 4 is 17.3 Å². The largest absolute Gasteiger partial charge is 0.495 e. The van der Waals surface area contributed by atoms with Crippen molar-refractivity contribution in [3.63, 3.8) is 0 Å². The zero-order valence-corrected chi connectivity index (χ0v) is 13.2. The number of benzene rings is 2. The molecule has 0 heterocycles. The second-order valence-electron chi connectivity index (χ2n) is 5.67. The SMILES string of the molecule is COc1cc(Cl)c(C)cc1NC(c1ccccc1)C1CC1. The van der Waals surface area contributed by atoms with Gasteiger partial charge in [0.25, 0.3) is 0 Å². The Balaban J connectivity index is 1.92. The van der Waals surface area contributed by atoms with Crippen LogP contribution in [0.5, 0.6) is 5.75 Å². The van der Waals surface area contributed by atoms with Crippen molar-refractivity contribution in [2.75, 3.05) is 12.4 Å². The molecule has 0 aromatic heterocycles. The molecule has 0 bridgehead atoms. The Labute approximate surface area is 131 Å². The Morgan fingerprint density at radius 3 is 2.52 bits per heavy atom. The molecule has 21 heavy (non-hydrogen) atoms. The molecule has 1 fully saturated rings. The molecule has 1 atom stereocenters. The summed E-state index contributed by atoms with van der Waals surface area (Å²) >= 11 is 6.19. The van der Waals surface area contributed by atoms with E-state index in [2.05, 4.69) is 41.7 Å². The summed E-state index contributed by atoms with van der Waals surface area (Å²) in [6.45, 7) is 2.02. The second-order valence-corrected chi connectivity index (χ2v) is 6.08. The van der Waals surface area contributed by atoms with Gasteiger partial charge in [-0.15, -0.1) is 0 Å². The van der Waals surface area contributed by atoms with Crippen molar-refractivity contribution in [3.05, 3.63) is 58.6 Å². The number of nitrogens with one attached hydrogen (secondary N) is 1. The van der Waals surface area contributed by atoms with E-state index >= 15 is 0 Å². The lowest BCUT2D eigenvalue weighted by atomic mass is 10.0. The van der Waals surface area contributed by atoms with E-state index < -0.39 is 0 Å². The van der Waals surface area contributed by atoms with Crippen LogP contribution in [0, 0.1) is 12.8 Å². The van der Waals surface area contributed by atoms with Gasteiger partial charge in [-0.2, -0.15) is 0 Å². The van der Waals surface area contributed by atoms with Gasteiger partial charge in [-0.25, -0.2) is 0 Å². The molecule has 3 rings (SSSR count). The number of ether oxygens (including phenoxy) is 1. The normalized spacial score (nSPS) is 15.6. The summed E-state index contributed by atoms with van der Waals surface area (Å²) < 4.78 is 5.47. The topological polar surface area (TPSA) is 21.3 Å². The van der Waals surface area contributed by atoms with Gasteiger partial charge in [0.1, 0.15) is 5.75 Å². The number of hydrogen-bond acceptors (Lipinski definition) is 2. The summed E-state index contributed by atoms with van der Waals surface area (Å²) in [5, 5.41) is 4.40. The van der Waals surface area contributed by atoms with Crippen molar-refractivity contribution in [2.45, 2.75) is 25.8 Å². The van der Waals surface area contributed by atoms with Crippen molar-refractivity contribution < 1.29 is 4.74 Å². The molecule has 0 saturated heterocycles. The van der Waals surface area contributed by atoms with Crippen LogP contribution in [-0.2, 0) is 0 Å². The summed E-state index contributed by atoms with van der Waals surface area (Å²) in [7, 11) is 1.68. The summed E-state index contributed by atoms with van der Waals surface area (Å²) in [5.74, 6) is 1.50. The van der Waals surface area contributed by atoms with Gasteiger partial charge in [0, 0.05) is 11.1 Å². The van der Waals surface area contributed by atoms with Gasteiger partial charge in [-0.05, 0) is 42.9 Å². The molecule has 3 heteroatoms. The molecular formula is C18H20ClNO. The second kappa shape index (κ2) is 5.98. The Hall–Kier alpha value is -1.67. The molecule has 0 amide bonds.